The molecule has 0 saturated carbocycles. The molecular weight excluding hydrogens is 238 g/mol. The predicted octanol–water partition coefficient (Wildman–Crippen LogP) is 2.91. The fraction of sp³-hybridized carbons (Fsp3) is 0.667. The second-order valence-electron chi connectivity index (χ2n) is 6.62. The van der Waals surface area contributed by atoms with E-state index >= 15 is 0 Å². The number of piperidine rings is 1. The van der Waals surface area contributed by atoms with Gasteiger partial charge in [0.2, 0.25) is 0 Å². The van der Waals surface area contributed by atoms with Crippen molar-refractivity contribution in [3.05, 3.63) is 18.0 Å². The van der Waals surface area contributed by atoms with Gasteiger partial charge in [0, 0.05) is 25.3 Å². The van der Waals surface area contributed by atoms with E-state index in [2.05, 4.69) is 27.7 Å². The van der Waals surface area contributed by atoms with Gasteiger partial charge in [0.1, 0.15) is 5.69 Å². The Bertz CT molecular complexity index is 464. The van der Waals surface area contributed by atoms with Gasteiger partial charge in [-0.2, -0.15) is 0 Å². The highest BCUT2D eigenvalue weighted by Crippen LogP contribution is 2.30. The highest BCUT2D eigenvalue weighted by Gasteiger charge is 2.29. The zero-order valence-corrected chi connectivity index (χ0v) is 12.4. The van der Waals surface area contributed by atoms with Gasteiger partial charge in [-0.3, -0.25) is 4.79 Å². The highest BCUT2D eigenvalue weighted by atomic mass is 16.2. The number of carbonyl (C=O) groups is 1. The van der Waals surface area contributed by atoms with Crippen LogP contribution in [0.4, 0.5) is 5.69 Å². The summed E-state index contributed by atoms with van der Waals surface area (Å²) in [5, 5.41) is 0. The number of nitrogen functional groups attached to an aromatic ring is 1. The van der Waals surface area contributed by atoms with E-state index < -0.39 is 0 Å². The topological polar surface area (TPSA) is 51.3 Å². The predicted molar refractivity (Wildman–Crippen MR) is 78.1 cm³/mol. The quantitative estimate of drug-likeness (QED) is 0.892. The van der Waals surface area contributed by atoms with Crippen molar-refractivity contribution >= 4 is 11.6 Å². The molecule has 1 aliphatic rings. The Morgan fingerprint density at radius 1 is 1.32 bits per heavy atom. The number of amides is 1. The van der Waals surface area contributed by atoms with Crippen molar-refractivity contribution in [1.82, 2.24) is 9.47 Å². The summed E-state index contributed by atoms with van der Waals surface area (Å²) in [4.78, 5) is 14.6. The van der Waals surface area contributed by atoms with E-state index in [4.69, 9.17) is 5.73 Å². The fourth-order valence-electron chi connectivity index (χ4n) is 2.58. The van der Waals surface area contributed by atoms with E-state index in [0.717, 1.165) is 25.9 Å². The Balaban J connectivity index is 2.17. The Hall–Kier alpha value is -1.45. The highest BCUT2D eigenvalue weighted by molar-refractivity contribution is 5.94. The number of nitrogens with two attached hydrogens (primary N) is 1. The van der Waals surface area contributed by atoms with Gasteiger partial charge < -0.3 is 15.2 Å². The van der Waals surface area contributed by atoms with Crippen LogP contribution in [0.1, 0.15) is 57.1 Å². The van der Waals surface area contributed by atoms with Crippen LogP contribution >= 0.6 is 0 Å². The lowest BCUT2D eigenvalue weighted by Crippen LogP contribution is -2.41. The zero-order valence-electron chi connectivity index (χ0n) is 12.4. The second kappa shape index (κ2) is 4.91. The minimum Gasteiger partial charge on any atom is -0.397 e. The summed E-state index contributed by atoms with van der Waals surface area (Å²) in [7, 11) is 0. The molecule has 0 bridgehead atoms. The molecule has 0 spiro atoms. The van der Waals surface area contributed by atoms with Gasteiger partial charge in [0.25, 0.3) is 5.91 Å². The van der Waals surface area contributed by atoms with Gasteiger partial charge in [0.05, 0.1) is 5.69 Å². The first-order valence-corrected chi connectivity index (χ1v) is 7.07. The first kappa shape index (κ1) is 14.0. The number of likely N-dealkylation sites (tertiary alicyclic amines) is 1. The average Bonchev–Trinajstić information content (AvgIpc) is 2.70. The molecule has 0 aliphatic carbocycles. The standard InChI is InChI=1S/C15H25N3O/c1-11(2)18-10-12(16)9-13(18)14(19)17-7-5-15(3,4)6-8-17/h9-11H,5-8,16H2,1-4H3. The van der Waals surface area contributed by atoms with Gasteiger partial charge in [-0.25, -0.2) is 0 Å². The molecule has 1 saturated heterocycles. The molecule has 4 nitrogen and oxygen atoms in total. The Kier molecular flexibility index (Phi) is 3.61. The molecule has 106 valence electrons. The van der Waals surface area contributed by atoms with Crippen LogP contribution in [0.25, 0.3) is 0 Å². The van der Waals surface area contributed by atoms with Crippen molar-refractivity contribution in [1.29, 1.82) is 0 Å². The number of hydrogen-bond acceptors (Lipinski definition) is 2. The van der Waals surface area contributed by atoms with Crippen LogP contribution in [0, 0.1) is 5.41 Å². The summed E-state index contributed by atoms with van der Waals surface area (Å²) < 4.78 is 1.97. The molecule has 1 aliphatic heterocycles. The second-order valence-corrected chi connectivity index (χ2v) is 6.62. The Labute approximate surface area is 115 Å². The molecule has 0 unspecified atom stereocenters. The normalized spacial score (nSPS) is 18.9. The largest absolute Gasteiger partial charge is 0.397 e. The minimum atomic E-state index is 0.112. The van der Waals surface area contributed by atoms with Gasteiger partial charge >= 0.3 is 0 Å². The summed E-state index contributed by atoms with van der Waals surface area (Å²) in [5.41, 5.74) is 7.57. The number of rotatable bonds is 2. The summed E-state index contributed by atoms with van der Waals surface area (Å²) in [6, 6.07) is 2.04. The Morgan fingerprint density at radius 3 is 2.42 bits per heavy atom. The maximum absolute atomic E-state index is 12.6. The molecule has 1 fully saturated rings. The van der Waals surface area contributed by atoms with E-state index in [-0.39, 0.29) is 11.9 Å². The smallest absolute Gasteiger partial charge is 0.270 e. The molecule has 2 heterocycles. The third-order valence-electron chi connectivity index (χ3n) is 4.05. The molecule has 1 aromatic rings. The third-order valence-corrected chi connectivity index (χ3v) is 4.05. The first-order valence-electron chi connectivity index (χ1n) is 7.07. The lowest BCUT2D eigenvalue weighted by molar-refractivity contribution is 0.0618. The molecule has 19 heavy (non-hydrogen) atoms. The van der Waals surface area contributed by atoms with Crippen LogP contribution in [0.2, 0.25) is 0 Å². The molecular formula is C15H25N3O. The number of carbonyl (C=O) groups excluding carboxylic acids is 1. The molecule has 0 aromatic carbocycles. The van der Waals surface area contributed by atoms with E-state index in [1.54, 1.807) is 6.07 Å². The molecule has 4 heteroatoms. The number of aromatic nitrogens is 1. The average molecular weight is 263 g/mol. The number of nitrogens with zero attached hydrogens (tertiary/aromatic N) is 2. The van der Waals surface area contributed by atoms with Gasteiger partial charge in [-0.05, 0) is 38.2 Å². The molecule has 2 N–H and O–H groups in total. The lowest BCUT2D eigenvalue weighted by Gasteiger charge is -2.37. The molecule has 1 amide bonds. The van der Waals surface area contributed by atoms with Crippen molar-refractivity contribution < 1.29 is 4.79 Å². The van der Waals surface area contributed by atoms with Crippen LogP contribution in [-0.4, -0.2) is 28.5 Å². The van der Waals surface area contributed by atoms with Crippen molar-refractivity contribution in [3.63, 3.8) is 0 Å². The molecule has 2 rings (SSSR count). The molecule has 0 radical (unpaired) electrons. The SMILES string of the molecule is CC(C)n1cc(N)cc1C(=O)N1CCC(C)(C)CC1. The van der Waals surface area contributed by atoms with Crippen molar-refractivity contribution in [2.24, 2.45) is 5.41 Å². The van der Waals surface area contributed by atoms with Crippen molar-refractivity contribution in [2.75, 3.05) is 18.8 Å². The van der Waals surface area contributed by atoms with E-state index in [9.17, 15) is 4.79 Å². The monoisotopic (exact) mass is 263 g/mol. The first-order chi connectivity index (χ1) is 8.80. The number of anilines is 1. The van der Waals surface area contributed by atoms with Gasteiger partial charge in [0.15, 0.2) is 0 Å². The van der Waals surface area contributed by atoms with E-state index in [1.165, 1.54) is 0 Å². The van der Waals surface area contributed by atoms with Gasteiger partial charge in [-0.15, -0.1) is 0 Å². The summed E-state index contributed by atoms with van der Waals surface area (Å²) in [6.45, 7) is 10.3. The minimum absolute atomic E-state index is 0.112. The van der Waals surface area contributed by atoms with Crippen molar-refractivity contribution in [3.8, 4) is 0 Å². The van der Waals surface area contributed by atoms with E-state index in [1.807, 2.05) is 15.7 Å². The Morgan fingerprint density at radius 2 is 1.89 bits per heavy atom. The molecule has 1 aromatic heterocycles. The maximum Gasteiger partial charge on any atom is 0.270 e. The van der Waals surface area contributed by atoms with Crippen molar-refractivity contribution in [2.45, 2.75) is 46.6 Å². The van der Waals surface area contributed by atoms with Crippen LogP contribution in [0.15, 0.2) is 12.3 Å². The van der Waals surface area contributed by atoms with Gasteiger partial charge in [-0.1, -0.05) is 13.8 Å². The van der Waals surface area contributed by atoms with E-state index in [0.29, 0.717) is 16.8 Å². The zero-order chi connectivity index (χ0) is 14.2. The maximum atomic E-state index is 12.6. The van der Waals surface area contributed by atoms with Crippen LogP contribution in [0.3, 0.4) is 0 Å². The van der Waals surface area contributed by atoms with Crippen LogP contribution < -0.4 is 5.73 Å². The molecule has 0 atom stereocenters. The summed E-state index contributed by atoms with van der Waals surface area (Å²) in [5.74, 6) is 0.112. The van der Waals surface area contributed by atoms with Crippen LogP contribution in [0.5, 0.6) is 0 Å². The third kappa shape index (κ3) is 2.94. The summed E-state index contributed by atoms with van der Waals surface area (Å²) in [6.07, 6.45) is 3.99. The fourth-order valence-corrected chi connectivity index (χ4v) is 2.58. The lowest BCUT2D eigenvalue weighted by atomic mass is 9.82. The van der Waals surface area contributed by atoms with Crippen LogP contribution in [-0.2, 0) is 0 Å². The number of hydrogen-bond donors (Lipinski definition) is 1. The summed E-state index contributed by atoms with van der Waals surface area (Å²) >= 11 is 0.